The van der Waals surface area contributed by atoms with Crippen LogP contribution in [-0.2, 0) is 11.3 Å². The van der Waals surface area contributed by atoms with Crippen LogP contribution in [0.15, 0.2) is 10.6 Å². The lowest BCUT2D eigenvalue weighted by molar-refractivity contribution is -0.126. The second kappa shape index (κ2) is 7.50. The van der Waals surface area contributed by atoms with E-state index in [0.29, 0.717) is 12.5 Å². The number of nitrogens with zero attached hydrogens (tertiary/aromatic N) is 1. The van der Waals surface area contributed by atoms with Gasteiger partial charge in [0.25, 0.3) is 0 Å². The zero-order valence-electron chi connectivity index (χ0n) is 11.4. The second-order valence-corrected chi connectivity index (χ2v) is 4.80. The second-order valence-electron chi connectivity index (χ2n) is 4.80. The molecule has 2 N–H and O–H groups in total. The van der Waals surface area contributed by atoms with Gasteiger partial charge in [0.15, 0.2) is 5.76 Å². The summed E-state index contributed by atoms with van der Waals surface area (Å²) in [5.74, 6) is 1.40. The van der Waals surface area contributed by atoms with Gasteiger partial charge in [-0.05, 0) is 12.8 Å². The Morgan fingerprint density at radius 3 is 2.74 bits per heavy atom. The van der Waals surface area contributed by atoms with Crippen LogP contribution in [0.1, 0.15) is 44.1 Å². The molecule has 1 fully saturated rings. The molecule has 1 aromatic heterocycles. The van der Waals surface area contributed by atoms with E-state index >= 15 is 0 Å². The number of rotatable bonds is 6. The predicted octanol–water partition coefficient (Wildman–Crippen LogP) is 1.84. The first-order valence-electron chi connectivity index (χ1n) is 6.68. The zero-order valence-corrected chi connectivity index (χ0v) is 12.3. The molecule has 1 saturated heterocycles. The molecular weight excluding hydrogens is 266 g/mol. The van der Waals surface area contributed by atoms with Gasteiger partial charge in [0.2, 0.25) is 5.91 Å². The van der Waals surface area contributed by atoms with Crippen molar-refractivity contribution >= 4 is 18.3 Å². The SMILES string of the molecule is CCC(CC)c1cc(CNC(=O)C2CNC2)on1.Cl. The number of hydrogen-bond donors (Lipinski definition) is 2. The van der Waals surface area contributed by atoms with E-state index < -0.39 is 0 Å². The van der Waals surface area contributed by atoms with Crippen LogP contribution in [0.5, 0.6) is 0 Å². The van der Waals surface area contributed by atoms with Crippen molar-refractivity contribution in [3.63, 3.8) is 0 Å². The molecule has 0 aromatic carbocycles. The topological polar surface area (TPSA) is 67.2 Å². The monoisotopic (exact) mass is 287 g/mol. The fraction of sp³-hybridized carbons (Fsp3) is 0.692. The van der Waals surface area contributed by atoms with Gasteiger partial charge < -0.3 is 15.2 Å². The van der Waals surface area contributed by atoms with Crippen molar-refractivity contribution in [2.24, 2.45) is 5.92 Å². The van der Waals surface area contributed by atoms with Gasteiger partial charge in [-0.3, -0.25) is 4.79 Å². The Kier molecular flexibility index (Phi) is 6.31. The number of nitrogens with one attached hydrogen (secondary N) is 2. The lowest BCUT2D eigenvalue weighted by Gasteiger charge is -2.25. The average molecular weight is 288 g/mol. The first-order chi connectivity index (χ1) is 8.74. The number of carbonyl (C=O) groups is 1. The molecular formula is C13H22ClN3O2. The smallest absolute Gasteiger partial charge is 0.226 e. The van der Waals surface area contributed by atoms with E-state index in [4.69, 9.17) is 4.52 Å². The molecule has 0 unspecified atom stereocenters. The number of carbonyl (C=O) groups excluding carboxylic acids is 1. The van der Waals surface area contributed by atoms with Crippen LogP contribution < -0.4 is 10.6 Å². The molecule has 0 bridgehead atoms. The van der Waals surface area contributed by atoms with Gasteiger partial charge in [-0.15, -0.1) is 12.4 Å². The van der Waals surface area contributed by atoms with E-state index in [1.165, 1.54) is 0 Å². The van der Waals surface area contributed by atoms with Gasteiger partial charge in [-0.25, -0.2) is 0 Å². The van der Waals surface area contributed by atoms with Gasteiger partial charge in [0, 0.05) is 25.1 Å². The first kappa shape index (κ1) is 16.0. The Balaban J connectivity index is 0.00000180. The lowest BCUT2D eigenvalue weighted by atomic mass is 9.99. The first-order valence-corrected chi connectivity index (χ1v) is 6.68. The van der Waals surface area contributed by atoms with E-state index in [2.05, 4.69) is 29.6 Å². The predicted molar refractivity (Wildman–Crippen MR) is 75.3 cm³/mol. The third-order valence-electron chi connectivity index (χ3n) is 3.57. The van der Waals surface area contributed by atoms with Crippen LogP contribution in [-0.4, -0.2) is 24.2 Å². The van der Waals surface area contributed by atoms with Crippen LogP contribution in [0, 0.1) is 5.92 Å². The Labute approximate surface area is 119 Å². The molecule has 19 heavy (non-hydrogen) atoms. The molecule has 2 rings (SSSR count). The summed E-state index contributed by atoms with van der Waals surface area (Å²) in [6.45, 7) is 6.28. The van der Waals surface area contributed by atoms with Crippen molar-refractivity contribution < 1.29 is 9.32 Å². The number of amides is 1. The van der Waals surface area contributed by atoms with Crippen molar-refractivity contribution in [1.82, 2.24) is 15.8 Å². The molecule has 1 aromatic rings. The van der Waals surface area contributed by atoms with Crippen molar-refractivity contribution in [2.75, 3.05) is 13.1 Å². The molecule has 1 aliphatic heterocycles. The Hall–Kier alpha value is -1.07. The van der Waals surface area contributed by atoms with Gasteiger partial charge in [0.05, 0.1) is 18.2 Å². The molecule has 0 spiro atoms. The lowest BCUT2D eigenvalue weighted by Crippen LogP contribution is -2.50. The van der Waals surface area contributed by atoms with E-state index in [9.17, 15) is 4.79 Å². The van der Waals surface area contributed by atoms with Crippen LogP contribution in [0.2, 0.25) is 0 Å². The molecule has 6 heteroatoms. The summed E-state index contributed by atoms with van der Waals surface area (Å²) in [7, 11) is 0. The maximum Gasteiger partial charge on any atom is 0.226 e. The van der Waals surface area contributed by atoms with Crippen LogP contribution in [0.25, 0.3) is 0 Å². The molecule has 1 amide bonds. The van der Waals surface area contributed by atoms with Gasteiger partial charge in [0.1, 0.15) is 0 Å². The van der Waals surface area contributed by atoms with E-state index in [0.717, 1.165) is 37.4 Å². The molecule has 2 heterocycles. The van der Waals surface area contributed by atoms with Crippen LogP contribution in [0.3, 0.4) is 0 Å². The highest BCUT2D eigenvalue weighted by Crippen LogP contribution is 2.22. The minimum Gasteiger partial charge on any atom is -0.359 e. The van der Waals surface area contributed by atoms with Crippen LogP contribution in [0.4, 0.5) is 0 Å². The fourth-order valence-corrected chi connectivity index (χ4v) is 2.10. The van der Waals surface area contributed by atoms with Gasteiger partial charge in [-0.2, -0.15) is 0 Å². The standard InChI is InChI=1S/C13H21N3O2.ClH/c1-3-9(4-2)12-5-11(18-16-12)8-15-13(17)10-6-14-7-10;/h5,9-10,14H,3-4,6-8H2,1-2H3,(H,15,17);1H. The Morgan fingerprint density at radius 2 is 2.21 bits per heavy atom. The summed E-state index contributed by atoms with van der Waals surface area (Å²) < 4.78 is 5.25. The summed E-state index contributed by atoms with van der Waals surface area (Å²) in [6, 6.07) is 1.96. The minimum absolute atomic E-state index is 0. The number of aromatic nitrogens is 1. The third-order valence-corrected chi connectivity index (χ3v) is 3.57. The highest BCUT2D eigenvalue weighted by atomic mass is 35.5. The van der Waals surface area contributed by atoms with Gasteiger partial charge >= 0.3 is 0 Å². The quantitative estimate of drug-likeness (QED) is 0.838. The normalized spacial score (nSPS) is 14.9. The molecule has 0 aliphatic carbocycles. The summed E-state index contributed by atoms with van der Waals surface area (Å²) in [5, 5.41) is 10.0. The third kappa shape index (κ3) is 3.94. The summed E-state index contributed by atoms with van der Waals surface area (Å²) in [5.41, 5.74) is 0.995. The van der Waals surface area contributed by atoms with Crippen LogP contribution >= 0.6 is 12.4 Å². The summed E-state index contributed by atoms with van der Waals surface area (Å²) >= 11 is 0. The van der Waals surface area contributed by atoms with Crippen molar-refractivity contribution in [3.8, 4) is 0 Å². The highest BCUT2D eigenvalue weighted by Gasteiger charge is 2.24. The molecule has 5 nitrogen and oxygen atoms in total. The van der Waals surface area contributed by atoms with E-state index in [1.807, 2.05) is 6.07 Å². The fourth-order valence-electron chi connectivity index (χ4n) is 2.10. The van der Waals surface area contributed by atoms with E-state index in [-0.39, 0.29) is 24.2 Å². The molecule has 1 aliphatic rings. The number of hydrogen-bond acceptors (Lipinski definition) is 4. The van der Waals surface area contributed by atoms with Crippen molar-refractivity contribution in [2.45, 2.75) is 39.2 Å². The maximum atomic E-state index is 11.6. The van der Waals surface area contributed by atoms with Crippen molar-refractivity contribution in [3.05, 3.63) is 17.5 Å². The highest BCUT2D eigenvalue weighted by molar-refractivity contribution is 5.85. The number of halogens is 1. The average Bonchev–Trinajstić information content (AvgIpc) is 2.74. The van der Waals surface area contributed by atoms with Crippen molar-refractivity contribution in [1.29, 1.82) is 0 Å². The zero-order chi connectivity index (χ0) is 13.0. The minimum atomic E-state index is 0. The largest absolute Gasteiger partial charge is 0.359 e. The Bertz CT molecular complexity index is 400. The molecule has 108 valence electrons. The molecule has 0 radical (unpaired) electrons. The van der Waals surface area contributed by atoms with Gasteiger partial charge in [-0.1, -0.05) is 19.0 Å². The summed E-state index contributed by atoms with van der Waals surface area (Å²) in [6.07, 6.45) is 2.12. The molecule has 0 saturated carbocycles. The van der Waals surface area contributed by atoms with E-state index in [1.54, 1.807) is 0 Å². The summed E-state index contributed by atoms with van der Waals surface area (Å²) in [4.78, 5) is 11.6. The molecule has 0 atom stereocenters. The maximum absolute atomic E-state index is 11.6. The Morgan fingerprint density at radius 1 is 1.53 bits per heavy atom.